The highest BCUT2D eigenvalue weighted by Gasteiger charge is 2.40. The summed E-state index contributed by atoms with van der Waals surface area (Å²) in [7, 11) is 0. The number of fused-ring (bicyclic) bond motifs is 1. The first-order valence-corrected chi connectivity index (χ1v) is 11.1. The van der Waals surface area contributed by atoms with Crippen LogP contribution in [0.4, 0.5) is 13.2 Å². The van der Waals surface area contributed by atoms with Crippen LogP contribution in [-0.2, 0) is 6.42 Å². The molecule has 0 radical (unpaired) electrons. The van der Waals surface area contributed by atoms with E-state index in [9.17, 15) is 18.0 Å². The lowest BCUT2D eigenvalue weighted by Crippen LogP contribution is -2.28. The minimum absolute atomic E-state index is 0.0698. The van der Waals surface area contributed by atoms with Gasteiger partial charge in [-0.2, -0.15) is 4.98 Å². The average molecular weight is 497 g/mol. The number of thiocarbonyl (C=S) groups is 1. The molecule has 5 rings (SSSR count). The van der Waals surface area contributed by atoms with Gasteiger partial charge in [-0.15, -0.1) is 13.2 Å². The second kappa shape index (κ2) is 8.77. The van der Waals surface area contributed by atoms with E-state index in [2.05, 4.69) is 14.9 Å². The summed E-state index contributed by atoms with van der Waals surface area (Å²) < 4.78 is 51.3. The molecule has 2 aromatic heterocycles. The molecular weight excluding hydrogens is 479 g/mol. The number of aryl methyl sites for hydroxylation is 1. The fraction of sp³-hybridized carbons (Fsp3) is 0.200. The zero-order chi connectivity index (χ0) is 24.7. The van der Waals surface area contributed by atoms with Crippen molar-refractivity contribution < 1.29 is 22.4 Å². The van der Waals surface area contributed by atoms with Crippen LogP contribution in [-0.4, -0.2) is 25.9 Å². The van der Waals surface area contributed by atoms with Gasteiger partial charge >= 0.3 is 6.36 Å². The highest BCUT2D eigenvalue weighted by molar-refractivity contribution is 7.80. The Kier molecular flexibility index (Phi) is 5.76. The molecule has 0 aliphatic carbocycles. The van der Waals surface area contributed by atoms with Crippen molar-refractivity contribution in [2.45, 2.75) is 32.2 Å². The minimum Gasteiger partial charge on any atom is -0.403 e. The van der Waals surface area contributed by atoms with E-state index in [4.69, 9.17) is 16.7 Å². The summed E-state index contributed by atoms with van der Waals surface area (Å²) in [5, 5.41) is 3.99. The number of aromatic nitrogens is 3. The molecule has 0 saturated carbocycles. The summed E-state index contributed by atoms with van der Waals surface area (Å²) in [5.74, 6) is -0.0905. The van der Waals surface area contributed by atoms with Crippen LogP contribution in [0.25, 0.3) is 11.5 Å². The van der Waals surface area contributed by atoms with E-state index in [0.29, 0.717) is 5.56 Å². The van der Waals surface area contributed by atoms with E-state index >= 15 is 0 Å². The molecule has 178 valence electrons. The summed E-state index contributed by atoms with van der Waals surface area (Å²) in [4.78, 5) is 17.8. The van der Waals surface area contributed by atoms with Gasteiger partial charge in [0.25, 0.3) is 11.4 Å². The molecule has 2 aromatic carbocycles. The normalized spacial score (nSPS) is 15.3. The molecule has 0 unspecified atom stereocenters. The third-order valence-corrected chi connectivity index (χ3v) is 6.22. The predicted octanol–water partition coefficient (Wildman–Crippen LogP) is 5.41. The molecule has 1 aliphatic rings. The van der Waals surface area contributed by atoms with Crippen molar-refractivity contribution in [2.75, 3.05) is 0 Å². The molecule has 0 saturated heterocycles. The second-order valence-electron chi connectivity index (χ2n) is 8.17. The van der Waals surface area contributed by atoms with Crippen molar-refractivity contribution in [3.63, 3.8) is 0 Å². The third kappa shape index (κ3) is 4.49. The molecule has 0 spiro atoms. The van der Waals surface area contributed by atoms with Gasteiger partial charge in [-0.25, -0.2) is 0 Å². The Balaban J connectivity index is 1.62. The molecule has 0 amide bonds. The lowest BCUT2D eigenvalue weighted by atomic mass is 9.99. The highest BCUT2D eigenvalue weighted by Crippen LogP contribution is 2.39. The Hall–Kier alpha value is -3.79. The van der Waals surface area contributed by atoms with Gasteiger partial charge in [-0.05, 0) is 30.2 Å². The summed E-state index contributed by atoms with van der Waals surface area (Å²) in [5.41, 5.74) is 1.84. The number of alkyl halides is 3. The Labute approximate surface area is 203 Å². The quantitative estimate of drug-likeness (QED) is 0.344. The van der Waals surface area contributed by atoms with Gasteiger partial charge in [0.2, 0.25) is 0 Å². The lowest BCUT2D eigenvalue weighted by molar-refractivity contribution is -0.275. The second-order valence-corrected chi connectivity index (χ2v) is 8.67. The third-order valence-electron chi connectivity index (χ3n) is 5.86. The molecule has 1 aliphatic heterocycles. The van der Waals surface area contributed by atoms with E-state index in [-0.39, 0.29) is 40.7 Å². The smallest absolute Gasteiger partial charge is 0.403 e. The van der Waals surface area contributed by atoms with Crippen LogP contribution in [0.3, 0.4) is 0 Å². The van der Waals surface area contributed by atoms with Crippen molar-refractivity contribution in [2.24, 2.45) is 0 Å². The number of hydrogen-bond acceptors (Lipinski definition) is 6. The number of pyridine rings is 1. The standard InChI is InChI=1S/C25H18F3N3O3S/c1-14-7-5-6-10-16(14)11-17-12-20(32)31-18(13-19(35)21(31)22(17)33-25(26,27)28)23-29-24(34-30-23)15-8-3-2-4-9-15/h2-10,12,18H,11,13H2,1H3/t18-/m1/s1. The number of hydrogen-bond donors (Lipinski definition) is 0. The van der Waals surface area contributed by atoms with Gasteiger partial charge in [0.1, 0.15) is 11.7 Å². The zero-order valence-corrected chi connectivity index (χ0v) is 19.2. The molecule has 6 nitrogen and oxygen atoms in total. The maximum Gasteiger partial charge on any atom is 0.573 e. The number of ether oxygens (including phenoxy) is 1. The van der Waals surface area contributed by atoms with Crippen LogP contribution in [0.1, 0.15) is 40.7 Å². The summed E-state index contributed by atoms with van der Waals surface area (Å²) in [6.45, 7) is 1.85. The van der Waals surface area contributed by atoms with Crippen LogP contribution in [0.2, 0.25) is 0 Å². The van der Waals surface area contributed by atoms with E-state index in [0.717, 1.165) is 17.2 Å². The first kappa shape index (κ1) is 23.0. The number of rotatable bonds is 5. The van der Waals surface area contributed by atoms with Crippen LogP contribution in [0, 0.1) is 6.92 Å². The monoisotopic (exact) mass is 497 g/mol. The van der Waals surface area contributed by atoms with Gasteiger partial charge in [-0.1, -0.05) is 59.8 Å². The molecule has 3 heterocycles. The summed E-state index contributed by atoms with van der Waals surface area (Å²) in [6, 6.07) is 16.6. The average Bonchev–Trinajstić information content (AvgIpc) is 3.43. The zero-order valence-electron chi connectivity index (χ0n) is 18.4. The van der Waals surface area contributed by atoms with E-state index in [1.165, 1.54) is 4.57 Å². The minimum atomic E-state index is -4.97. The Morgan fingerprint density at radius 3 is 2.54 bits per heavy atom. The van der Waals surface area contributed by atoms with Crippen LogP contribution < -0.4 is 10.3 Å². The van der Waals surface area contributed by atoms with Crippen molar-refractivity contribution >= 4 is 17.1 Å². The lowest BCUT2D eigenvalue weighted by Gasteiger charge is -2.19. The van der Waals surface area contributed by atoms with Crippen LogP contribution in [0.15, 0.2) is 70.0 Å². The molecule has 0 bridgehead atoms. The number of benzene rings is 2. The van der Waals surface area contributed by atoms with Gasteiger partial charge in [-0.3, -0.25) is 9.36 Å². The maximum atomic E-state index is 13.5. The van der Waals surface area contributed by atoms with E-state index in [1.54, 1.807) is 36.4 Å². The molecule has 4 aromatic rings. The fourth-order valence-corrected chi connectivity index (χ4v) is 4.59. The van der Waals surface area contributed by atoms with E-state index < -0.39 is 23.7 Å². The predicted molar refractivity (Wildman–Crippen MR) is 126 cm³/mol. The summed E-state index contributed by atoms with van der Waals surface area (Å²) >= 11 is 5.44. The molecule has 10 heteroatoms. The maximum absolute atomic E-state index is 13.5. The molecule has 35 heavy (non-hydrogen) atoms. The van der Waals surface area contributed by atoms with Crippen LogP contribution in [0.5, 0.6) is 5.75 Å². The van der Waals surface area contributed by atoms with Crippen LogP contribution >= 0.6 is 12.2 Å². The van der Waals surface area contributed by atoms with Crippen molar-refractivity contribution in [3.05, 3.63) is 99.2 Å². The van der Waals surface area contributed by atoms with E-state index in [1.807, 2.05) is 25.1 Å². The Bertz CT molecular complexity index is 1480. The van der Waals surface area contributed by atoms with Gasteiger partial charge in [0.15, 0.2) is 11.6 Å². The number of halogens is 3. The SMILES string of the molecule is Cc1ccccc1Cc1cc(=O)n2c(c1OC(F)(F)F)C(=S)C[C@@H]2c1noc(-c2ccccc2)n1. The van der Waals surface area contributed by atoms with Gasteiger partial charge < -0.3 is 9.26 Å². The molecule has 1 atom stereocenters. The first-order valence-electron chi connectivity index (χ1n) is 10.7. The molecular formula is C25H18F3N3O3S. The largest absolute Gasteiger partial charge is 0.573 e. The van der Waals surface area contributed by atoms with Crippen molar-refractivity contribution in [3.8, 4) is 17.2 Å². The Morgan fingerprint density at radius 2 is 1.83 bits per heavy atom. The van der Waals surface area contributed by atoms with Gasteiger partial charge in [0, 0.05) is 34.9 Å². The van der Waals surface area contributed by atoms with Crippen molar-refractivity contribution in [1.82, 2.24) is 14.7 Å². The summed E-state index contributed by atoms with van der Waals surface area (Å²) in [6.07, 6.45) is -4.82. The fourth-order valence-electron chi connectivity index (χ4n) is 4.24. The molecule has 0 N–H and O–H groups in total. The first-order chi connectivity index (χ1) is 16.7. The topological polar surface area (TPSA) is 70.2 Å². The van der Waals surface area contributed by atoms with Crippen molar-refractivity contribution in [1.29, 1.82) is 0 Å². The highest BCUT2D eigenvalue weighted by atomic mass is 32.1. The molecule has 0 fully saturated rings. The Morgan fingerprint density at radius 1 is 1.11 bits per heavy atom. The number of nitrogens with zero attached hydrogens (tertiary/aromatic N) is 3. The van der Waals surface area contributed by atoms with Gasteiger partial charge in [0.05, 0.1) is 0 Å².